The molecular formula is C37H23N5. The minimum atomic E-state index is 0.624. The van der Waals surface area contributed by atoms with Crippen LogP contribution in [0.15, 0.2) is 115 Å². The van der Waals surface area contributed by atoms with Gasteiger partial charge in [0.05, 0.1) is 52.1 Å². The number of benzene rings is 5. The summed E-state index contributed by atoms with van der Waals surface area (Å²) >= 11 is 0. The van der Waals surface area contributed by atoms with E-state index in [9.17, 15) is 10.5 Å². The summed E-state index contributed by atoms with van der Waals surface area (Å²) in [6.07, 6.45) is 4.17. The van der Waals surface area contributed by atoms with E-state index in [2.05, 4.69) is 99.4 Å². The van der Waals surface area contributed by atoms with E-state index in [0.717, 1.165) is 56.4 Å². The SMILES string of the molecule is N#Cc1cccc(-c2cc(-n3c4c(c5ccccc53)C=CNC4)cc(-n3c4ccccc4c4cc(C#N)ccc43)c2)c1. The Kier molecular flexibility index (Phi) is 5.25. The van der Waals surface area contributed by atoms with E-state index < -0.39 is 0 Å². The second-order valence-electron chi connectivity index (χ2n) is 10.6. The second kappa shape index (κ2) is 9.27. The van der Waals surface area contributed by atoms with E-state index in [1.807, 2.05) is 48.7 Å². The number of nitrogens with zero attached hydrogens (tertiary/aromatic N) is 4. The average molecular weight is 538 g/mol. The third-order valence-corrected chi connectivity index (χ3v) is 8.20. The Morgan fingerprint density at radius 2 is 1.26 bits per heavy atom. The van der Waals surface area contributed by atoms with Gasteiger partial charge in [0.1, 0.15) is 0 Å². The molecule has 5 aromatic carbocycles. The summed E-state index contributed by atoms with van der Waals surface area (Å²) in [5, 5.41) is 26.0. The Bertz CT molecular complexity index is 2340. The predicted octanol–water partition coefficient (Wildman–Crippen LogP) is 8.21. The molecule has 0 aliphatic carbocycles. The molecule has 0 saturated heterocycles. The van der Waals surface area contributed by atoms with Crippen molar-refractivity contribution >= 4 is 38.8 Å². The summed E-state index contributed by atoms with van der Waals surface area (Å²) in [6.45, 7) is 0.719. The standard InChI is InChI=1S/C37H23N5/c38-21-24-6-5-7-26(16-24)27-18-28(41-35-11-4-2-9-31(35)33-17-25(22-39)12-13-36(33)41)20-29(19-27)42-34-10-3-1-8-30(34)32-14-15-40-23-37(32)42/h1-20,40H,23H2. The number of fused-ring (bicyclic) bond motifs is 6. The van der Waals surface area contributed by atoms with Crippen molar-refractivity contribution in [3.63, 3.8) is 0 Å². The zero-order valence-corrected chi connectivity index (χ0v) is 22.5. The molecule has 0 unspecified atom stereocenters. The van der Waals surface area contributed by atoms with Crippen LogP contribution in [0, 0.1) is 22.7 Å². The minimum Gasteiger partial charge on any atom is -0.385 e. The first kappa shape index (κ1) is 23.8. The molecule has 0 radical (unpaired) electrons. The van der Waals surface area contributed by atoms with Crippen molar-refractivity contribution in [2.45, 2.75) is 6.54 Å². The second-order valence-corrected chi connectivity index (χ2v) is 10.6. The van der Waals surface area contributed by atoms with E-state index in [1.165, 1.54) is 16.6 Å². The number of rotatable bonds is 3. The number of nitrogens with one attached hydrogen (secondary N) is 1. The fourth-order valence-corrected chi connectivity index (χ4v) is 6.38. The maximum atomic E-state index is 9.65. The van der Waals surface area contributed by atoms with Gasteiger partial charge in [-0.2, -0.15) is 10.5 Å². The van der Waals surface area contributed by atoms with Crippen LogP contribution in [0.4, 0.5) is 0 Å². The molecule has 196 valence electrons. The highest BCUT2D eigenvalue weighted by Crippen LogP contribution is 2.38. The number of aromatic nitrogens is 2. The molecule has 0 fully saturated rings. The molecule has 7 aromatic rings. The van der Waals surface area contributed by atoms with Crippen molar-refractivity contribution < 1.29 is 0 Å². The Balaban J connectivity index is 1.48. The van der Waals surface area contributed by atoms with Crippen molar-refractivity contribution in [2.24, 2.45) is 0 Å². The summed E-state index contributed by atoms with van der Waals surface area (Å²) in [7, 11) is 0. The lowest BCUT2D eigenvalue weighted by Crippen LogP contribution is -2.14. The molecule has 42 heavy (non-hydrogen) atoms. The normalized spacial score (nSPS) is 12.2. The lowest BCUT2D eigenvalue weighted by Gasteiger charge is -2.18. The Labute approximate surface area is 242 Å². The molecule has 0 saturated carbocycles. The summed E-state index contributed by atoms with van der Waals surface area (Å²) in [4.78, 5) is 0. The molecule has 1 aliphatic heterocycles. The van der Waals surface area contributed by atoms with Gasteiger partial charge in [-0.25, -0.2) is 0 Å². The van der Waals surface area contributed by atoms with Crippen LogP contribution in [-0.4, -0.2) is 9.13 Å². The molecule has 8 rings (SSSR count). The number of nitriles is 2. The van der Waals surface area contributed by atoms with Crippen molar-refractivity contribution in [1.82, 2.24) is 14.5 Å². The van der Waals surface area contributed by atoms with Crippen LogP contribution in [0.2, 0.25) is 0 Å². The van der Waals surface area contributed by atoms with E-state index in [0.29, 0.717) is 11.1 Å². The molecule has 2 aromatic heterocycles. The smallest absolute Gasteiger partial charge is 0.0991 e. The molecule has 1 aliphatic rings. The molecule has 3 heterocycles. The van der Waals surface area contributed by atoms with Crippen LogP contribution in [0.25, 0.3) is 61.3 Å². The molecule has 0 amide bonds. The van der Waals surface area contributed by atoms with Crippen LogP contribution in [0.3, 0.4) is 0 Å². The highest BCUT2D eigenvalue weighted by molar-refractivity contribution is 6.09. The zero-order valence-electron chi connectivity index (χ0n) is 22.5. The van der Waals surface area contributed by atoms with Crippen molar-refractivity contribution in [3.05, 3.63) is 138 Å². The van der Waals surface area contributed by atoms with Gasteiger partial charge >= 0.3 is 0 Å². The minimum absolute atomic E-state index is 0.624. The number of para-hydroxylation sites is 2. The van der Waals surface area contributed by atoms with Crippen molar-refractivity contribution in [2.75, 3.05) is 0 Å². The van der Waals surface area contributed by atoms with E-state index in [1.54, 1.807) is 0 Å². The molecule has 5 nitrogen and oxygen atoms in total. The predicted molar refractivity (Wildman–Crippen MR) is 168 cm³/mol. The van der Waals surface area contributed by atoms with Crippen LogP contribution < -0.4 is 5.32 Å². The van der Waals surface area contributed by atoms with E-state index >= 15 is 0 Å². The quantitative estimate of drug-likeness (QED) is 0.247. The van der Waals surface area contributed by atoms with Gasteiger partial charge in [0.25, 0.3) is 0 Å². The fourth-order valence-electron chi connectivity index (χ4n) is 6.38. The topological polar surface area (TPSA) is 69.5 Å². The molecule has 0 atom stereocenters. The third kappa shape index (κ3) is 3.55. The molecule has 1 N–H and O–H groups in total. The molecule has 0 bridgehead atoms. The van der Waals surface area contributed by atoms with E-state index in [4.69, 9.17) is 0 Å². The lowest BCUT2D eigenvalue weighted by atomic mass is 10.0. The summed E-state index contributed by atoms with van der Waals surface area (Å²) in [5.41, 5.74) is 11.0. The van der Waals surface area contributed by atoms with Gasteiger partial charge in [0.15, 0.2) is 0 Å². The zero-order chi connectivity index (χ0) is 28.2. The summed E-state index contributed by atoms with van der Waals surface area (Å²) < 4.78 is 4.63. The number of hydrogen-bond acceptors (Lipinski definition) is 3. The monoisotopic (exact) mass is 537 g/mol. The van der Waals surface area contributed by atoms with Gasteiger partial charge in [0.2, 0.25) is 0 Å². The average Bonchev–Trinajstić information content (AvgIpc) is 3.57. The summed E-state index contributed by atoms with van der Waals surface area (Å²) in [6, 6.07) is 41.8. The highest BCUT2D eigenvalue weighted by Gasteiger charge is 2.20. The Hall–Kier alpha value is -6.04. The van der Waals surface area contributed by atoms with Crippen molar-refractivity contribution in [3.8, 4) is 34.6 Å². The molecule has 5 heteroatoms. The van der Waals surface area contributed by atoms with Crippen LogP contribution >= 0.6 is 0 Å². The number of hydrogen-bond donors (Lipinski definition) is 1. The largest absolute Gasteiger partial charge is 0.385 e. The molecular weight excluding hydrogens is 514 g/mol. The van der Waals surface area contributed by atoms with Gasteiger partial charge in [-0.15, -0.1) is 0 Å². The van der Waals surface area contributed by atoms with Crippen LogP contribution in [0.1, 0.15) is 22.4 Å². The van der Waals surface area contributed by atoms with Crippen LogP contribution in [-0.2, 0) is 6.54 Å². The van der Waals surface area contributed by atoms with Gasteiger partial charge < -0.3 is 14.5 Å². The van der Waals surface area contributed by atoms with Gasteiger partial charge in [-0.3, -0.25) is 0 Å². The fraction of sp³-hybridized carbons (Fsp3) is 0.0270. The van der Waals surface area contributed by atoms with Crippen LogP contribution in [0.5, 0.6) is 0 Å². The maximum absolute atomic E-state index is 9.65. The van der Waals surface area contributed by atoms with Gasteiger partial charge in [-0.05, 0) is 84.1 Å². The van der Waals surface area contributed by atoms with Crippen molar-refractivity contribution in [1.29, 1.82) is 10.5 Å². The first-order chi connectivity index (χ1) is 20.7. The Morgan fingerprint density at radius 1 is 0.571 bits per heavy atom. The summed E-state index contributed by atoms with van der Waals surface area (Å²) in [5.74, 6) is 0. The first-order valence-electron chi connectivity index (χ1n) is 13.9. The maximum Gasteiger partial charge on any atom is 0.0991 e. The van der Waals surface area contributed by atoms with E-state index in [-0.39, 0.29) is 0 Å². The molecule has 0 spiro atoms. The first-order valence-corrected chi connectivity index (χ1v) is 13.9. The lowest BCUT2D eigenvalue weighted by molar-refractivity contribution is 0.803. The third-order valence-electron chi connectivity index (χ3n) is 8.20. The highest BCUT2D eigenvalue weighted by atomic mass is 15.0. The van der Waals surface area contributed by atoms with Gasteiger partial charge in [-0.1, -0.05) is 48.5 Å². The Morgan fingerprint density at radius 3 is 2.07 bits per heavy atom. The van der Waals surface area contributed by atoms with Gasteiger partial charge in [0, 0.05) is 33.1 Å².